The zero-order valence-electron chi connectivity index (χ0n) is 7.69. The Bertz CT molecular complexity index is 433. The van der Waals surface area contributed by atoms with Crippen LogP contribution in [-0.4, -0.2) is 17.9 Å². The molecule has 6 nitrogen and oxygen atoms in total. The second kappa shape index (κ2) is 3.91. The molecule has 0 aliphatic rings. The summed E-state index contributed by atoms with van der Waals surface area (Å²) in [6.07, 6.45) is 0. The van der Waals surface area contributed by atoms with Crippen LogP contribution in [0.4, 0.5) is 10.1 Å². The minimum Gasteiger partial charge on any atom is -0.490 e. The number of amides is 1. The molecule has 1 aromatic rings. The van der Waals surface area contributed by atoms with Gasteiger partial charge in [-0.05, 0) is 0 Å². The average molecular weight is 214 g/mol. The molecule has 0 saturated carbocycles. The smallest absolute Gasteiger partial charge is 0.313 e. The topological polar surface area (TPSA) is 95.5 Å². The first kappa shape index (κ1) is 10.9. The van der Waals surface area contributed by atoms with Gasteiger partial charge in [-0.25, -0.2) is 4.39 Å². The van der Waals surface area contributed by atoms with Gasteiger partial charge in [0.25, 0.3) is 5.91 Å². The van der Waals surface area contributed by atoms with E-state index in [4.69, 9.17) is 5.73 Å². The van der Waals surface area contributed by atoms with Gasteiger partial charge in [-0.2, -0.15) is 0 Å². The van der Waals surface area contributed by atoms with E-state index in [1.807, 2.05) is 0 Å². The Morgan fingerprint density at radius 1 is 1.60 bits per heavy atom. The van der Waals surface area contributed by atoms with E-state index in [1.165, 1.54) is 7.11 Å². The van der Waals surface area contributed by atoms with E-state index in [2.05, 4.69) is 4.74 Å². The standard InChI is InChI=1S/C8H7FN2O4/c1-15-7-2-4(8(10)12)5(9)3-6(7)11(13)14/h2-3H,1H3,(H2,10,12). The molecule has 0 fully saturated rings. The fourth-order valence-corrected chi connectivity index (χ4v) is 1.04. The molecule has 0 spiro atoms. The summed E-state index contributed by atoms with van der Waals surface area (Å²) in [4.78, 5) is 20.4. The number of nitro benzene ring substituents is 1. The first-order valence-corrected chi connectivity index (χ1v) is 3.79. The number of primary amides is 1. The molecule has 0 aliphatic heterocycles. The first-order valence-electron chi connectivity index (χ1n) is 3.79. The van der Waals surface area contributed by atoms with Crippen LogP contribution >= 0.6 is 0 Å². The number of ether oxygens (including phenoxy) is 1. The molecule has 0 aliphatic carbocycles. The van der Waals surface area contributed by atoms with Gasteiger partial charge >= 0.3 is 5.69 Å². The molecule has 0 heterocycles. The van der Waals surface area contributed by atoms with Crippen molar-refractivity contribution in [3.05, 3.63) is 33.6 Å². The second-order valence-electron chi connectivity index (χ2n) is 2.63. The maximum absolute atomic E-state index is 13.1. The van der Waals surface area contributed by atoms with Crippen LogP contribution in [0.25, 0.3) is 0 Å². The zero-order chi connectivity index (χ0) is 11.6. The number of nitro groups is 1. The van der Waals surface area contributed by atoms with Crippen molar-refractivity contribution in [2.24, 2.45) is 5.73 Å². The molecule has 0 unspecified atom stereocenters. The lowest BCUT2D eigenvalue weighted by molar-refractivity contribution is -0.385. The van der Waals surface area contributed by atoms with Crippen LogP contribution in [-0.2, 0) is 0 Å². The summed E-state index contributed by atoms with van der Waals surface area (Å²) in [7, 11) is 1.17. The van der Waals surface area contributed by atoms with Gasteiger partial charge in [0.05, 0.1) is 23.7 Å². The molecule has 0 atom stereocenters. The Kier molecular flexibility index (Phi) is 2.84. The van der Waals surface area contributed by atoms with Crippen molar-refractivity contribution < 1.29 is 18.8 Å². The van der Waals surface area contributed by atoms with Crippen molar-refractivity contribution in [1.82, 2.24) is 0 Å². The molecule has 2 N–H and O–H groups in total. The summed E-state index contributed by atoms with van der Waals surface area (Å²) in [6.45, 7) is 0. The van der Waals surface area contributed by atoms with Crippen LogP contribution < -0.4 is 10.5 Å². The molecule has 1 rings (SSSR count). The lowest BCUT2D eigenvalue weighted by Crippen LogP contribution is -2.13. The second-order valence-corrected chi connectivity index (χ2v) is 2.63. The fraction of sp³-hybridized carbons (Fsp3) is 0.125. The van der Waals surface area contributed by atoms with Gasteiger partial charge in [0.1, 0.15) is 5.82 Å². The minimum atomic E-state index is -1.05. The van der Waals surface area contributed by atoms with Crippen molar-refractivity contribution in [2.45, 2.75) is 0 Å². The number of carbonyl (C=O) groups is 1. The van der Waals surface area contributed by atoms with Crippen LogP contribution in [0.3, 0.4) is 0 Å². The highest BCUT2D eigenvalue weighted by molar-refractivity contribution is 5.94. The highest BCUT2D eigenvalue weighted by Crippen LogP contribution is 2.29. The van der Waals surface area contributed by atoms with Gasteiger partial charge in [0.2, 0.25) is 0 Å². The van der Waals surface area contributed by atoms with Crippen LogP contribution in [0, 0.1) is 15.9 Å². The number of benzene rings is 1. The predicted octanol–water partition coefficient (Wildman–Crippen LogP) is 0.841. The van der Waals surface area contributed by atoms with Gasteiger partial charge in [-0.1, -0.05) is 0 Å². The number of methoxy groups -OCH3 is 1. The SMILES string of the molecule is COc1cc(C(N)=O)c(F)cc1[N+](=O)[O-]. The maximum atomic E-state index is 13.1. The number of halogens is 1. The van der Waals surface area contributed by atoms with E-state index in [0.29, 0.717) is 6.07 Å². The summed E-state index contributed by atoms with van der Waals surface area (Å²) in [5, 5.41) is 10.5. The van der Waals surface area contributed by atoms with Crippen molar-refractivity contribution in [1.29, 1.82) is 0 Å². The van der Waals surface area contributed by atoms with Crippen molar-refractivity contribution in [3.63, 3.8) is 0 Å². The maximum Gasteiger partial charge on any atom is 0.313 e. The Morgan fingerprint density at radius 2 is 2.20 bits per heavy atom. The van der Waals surface area contributed by atoms with Crippen molar-refractivity contribution in [3.8, 4) is 5.75 Å². The number of hydrogen-bond acceptors (Lipinski definition) is 4. The van der Waals surface area contributed by atoms with Gasteiger partial charge in [0, 0.05) is 6.07 Å². The third kappa shape index (κ3) is 2.01. The summed E-state index contributed by atoms with van der Waals surface area (Å²) < 4.78 is 17.8. The largest absolute Gasteiger partial charge is 0.490 e. The molecular weight excluding hydrogens is 207 g/mol. The molecule has 0 bridgehead atoms. The lowest BCUT2D eigenvalue weighted by Gasteiger charge is -2.04. The molecule has 0 radical (unpaired) electrons. The molecule has 7 heteroatoms. The highest BCUT2D eigenvalue weighted by atomic mass is 19.1. The highest BCUT2D eigenvalue weighted by Gasteiger charge is 2.21. The zero-order valence-corrected chi connectivity index (χ0v) is 7.69. The van der Waals surface area contributed by atoms with E-state index in [9.17, 15) is 19.3 Å². The van der Waals surface area contributed by atoms with Crippen LogP contribution in [0.2, 0.25) is 0 Å². The fourth-order valence-electron chi connectivity index (χ4n) is 1.04. The van der Waals surface area contributed by atoms with Crippen molar-refractivity contribution in [2.75, 3.05) is 7.11 Å². The first-order chi connectivity index (χ1) is 6.97. The normalized spacial score (nSPS) is 9.73. The Balaban J connectivity index is 3.42. The van der Waals surface area contributed by atoms with E-state index < -0.39 is 27.9 Å². The minimum absolute atomic E-state index is 0.213. The summed E-state index contributed by atoms with van der Waals surface area (Å²) in [5.41, 5.74) is 3.86. The third-order valence-corrected chi connectivity index (χ3v) is 1.73. The third-order valence-electron chi connectivity index (χ3n) is 1.73. The quantitative estimate of drug-likeness (QED) is 0.595. The molecule has 80 valence electrons. The van der Waals surface area contributed by atoms with Crippen LogP contribution in [0.5, 0.6) is 5.75 Å². The molecular formula is C8H7FN2O4. The van der Waals surface area contributed by atoms with Gasteiger partial charge < -0.3 is 10.5 Å². The summed E-state index contributed by atoms with van der Waals surface area (Å²) >= 11 is 0. The van der Waals surface area contributed by atoms with Gasteiger partial charge in [-0.15, -0.1) is 0 Å². The predicted molar refractivity (Wildman–Crippen MR) is 48.1 cm³/mol. The number of nitrogens with zero attached hydrogens (tertiary/aromatic N) is 1. The van der Waals surface area contributed by atoms with Gasteiger partial charge in [0.15, 0.2) is 5.75 Å². The summed E-state index contributed by atoms with van der Waals surface area (Å²) in [6, 6.07) is 1.49. The van der Waals surface area contributed by atoms with E-state index >= 15 is 0 Å². The Hall–Kier alpha value is -2.18. The average Bonchev–Trinajstić information content (AvgIpc) is 2.16. The lowest BCUT2D eigenvalue weighted by atomic mass is 10.1. The van der Waals surface area contributed by atoms with Gasteiger partial charge in [-0.3, -0.25) is 14.9 Å². The molecule has 15 heavy (non-hydrogen) atoms. The van der Waals surface area contributed by atoms with Crippen molar-refractivity contribution >= 4 is 11.6 Å². The molecule has 0 aromatic heterocycles. The number of carbonyl (C=O) groups excluding carboxylic acids is 1. The van der Waals surface area contributed by atoms with E-state index in [0.717, 1.165) is 6.07 Å². The summed E-state index contributed by atoms with van der Waals surface area (Å²) in [5.74, 6) is -2.27. The number of nitrogens with two attached hydrogens (primary N) is 1. The molecule has 0 saturated heterocycles. The Morgan fingerprint density at radius 3 is 2.60 bits per heavy atom. The van der Waals surface area contributed by atoms with Crippen LogP contribution in [0.1, 0.15) is 10.4 Å². The van der Waals surface area contributed by atoms with E-state index in [1.54, 1.807) is 0 Å². The monoisotopic (exact) mass is 214 g/mol. The van der Waals surface area contributed by atoms with Crippen LogP contribution in [0.15, 0.2) is 12.1 Å². The molecule has 1 amide bonds. The Labute approximate surface area is 83.6 Å². The van der Waals surface area contributed by atoms with E-state index in [-0.39, 0.29) is 5.75 Å². The number of rotatable bonds is 3. The molecule has 1 aromatic carbocycles. The number of hydrogen-bond donors (Lipinski definition) is 1.